The zero-order valence-electron chi connectivity index (χ0n) is 22.5. The Morgan fingerprint density at radius 1 is 0.939 bits per heavy atom. The van der Waals surface area contributed by atoms with Gasteiger partial charge in [-0.3, -0.25) is 0 Å². The maximum atomic E-state index is 9.40. The maximum absolute atomic E-state index is 9.40. The van der Waals surface area contributed by atoms with Gasteiger partial charge in [-0.25, -0.2) is 0 Å². The van der Waals surface area contributed by atoms with Crippen molar-refractivity contribution >= 4 is 0 Å². The van der Waals surface area contributed by atoms with Crippen LogP contribution in [-0.2, 0) is 9.47 Å². The summed E-state index contributed by atoms with van der Waals surface area (Å²) in [5.41, 5.74) is 0.773. The Morgan fingerprint density at radius 2 is 1.70 bits per heavy atom. The van der Waals surface area contributed by atoms with E-state index >= 15 is 0 Å². The van der Waals surface area contributed by atoms with Crippen LogP contribution in [0.15, 0.2) is 0 Å². The monoisotopic (exact) mass is 460 g/mol. The predicted molar refractivity (Wildman–Crippen MR) is 134 cm³/mol. The van der Waals surface area contributed by atoms with Gasteiger partial charge in [0.2, 0.25) is 0 Å². The lowest BCUT2D eigenvalue weighted by molar-refractivity contribution is -0.160. The molecule has 10 atom stereocenters. The van der Waals surface area contributed by atoms with Crippen LogP contribution in [0.5, 0.6) is 0 Å². The Labute approximate surface area is 203 Å². The molecule has 1 aliphatic heterocycles. The minimum Gasteiger partial charge on any atom is -0.394 e. The summed E-state index contributed by atoms with van der Waals surface area (Å²) in [5.74, 6) is 5.65. The fourth-order valence-electron chi connectivity index (χ4n) is 10.3. The number of hydrogen-bond acceptors (Lipinski definition) is 3. The first-order valence-electron chi connectivity index (χ1n) is 14.5. The van der Waals surface area contributed by atoms with Gasteiger partial charge in [-0.05, 0) is 104 Å². The molecule has 0 spiro atoms. The highest BCUT2D eigenvalue weighted by Crippen LogP contribution is 2.73. The van der Waals surface area contributed by atoms with E-state index in [1.807, 2.05) is 0 Å². The van der Waals surface area contributed by atoms with Gasteiger partial charge in [-0.15, -0.1) is 0 Å². The molecule has 0 aromatic carbocycles. The molecular formula is C30H52O3. The highest BCUT2D eigenvalue weighted by molar-refractivity contribution is 5.20. The van der Waals surface area contributed by atoms with Crippen LogP contribution >= 0.6 is 0 Å². The molecule has 0 radical (unpaired) electrons. The molecule has 0 unspecified atom stereocenters. The summed E-state index contributed by atoms with van der Waals surface area (Å²) in [6, 6.07) is 0. The highest BCUT2D eigenvalue weighted by Gasteiger charge is 2.76. The Hall–Kier alpha value is -0.120. The molecule has 5 aliphatic rings. The second kappa shape index (κ2) is 8.48. The van der Waals surface area contributed by atoms with Gasteiger partial charge in [0.1, 0.15) is 5.60 Å². The molecule has 0 aromatic rings. The van der Waals surface area contributed by atoms with Crippen molar-refractivity contribution in [3.05, 3.63) is 0 Å². The number of hydrogen-bond donors (Lipinski definition) is 1. The number of epoxide rings is 1. The summed E-state index contributed by atoms with van der Waals surface area (Å²) in [6.45, 7) is 15.4. The summed E-state index contributed by atoms with van der Waals surface area (Å²) in [4.78, 5) is 0. The van der Waals surface area contributed by atoms with Crippen LogP contribution in [0.4, 0.5) is 0 Å². The molecule has 1 saturated heterocycles. The van der Waals surface area contributed by atoms with Gasteiger partial charge in [0.15, 0.2) is 5.79 Å². The van der Waals surface area contributed by atoms with Gasteiger partial charge in [0.05, 0.1) is 13.2 Å². The van der Waals surface area contributed by atoms with Gasteiger partial charge in [-0.2, -0.15) is 0 Å². The van der Waals surface area contributed by atoms with Crippen molar-refractivity contribution in [3.8, 4) is 0 Å². The average molecular weight is 461 g/mol. The second-order valence-corrected chi connectivity index (χ2v) is 14.2. The van der Waals surface area contributed by atoms with Crippen molar-refractivity contribution in [1.29, 1.82) is 0 Å². The lowest BCUT2D eigenvalue weighted by Crippen LogP contribution is -2.57. The second-order valence-electron chi connectivity index (χ2n) is 14.2. The third kappa shape index (κ3) is 3.77. The van der Waals surface area contributed by atoms with Crippen molar-refractivity contribution in [1.82, 2.24) is 0 Å². The molecule has 0 bridgehead atoms. The summed E-state index contributed by atoms with van der Waals surface area (Å²) in [6.07, 6.45) is 15.0. The molecule has 5 fully saturated rings. The van der Waals surface area contributed by atoms with Crippen LogP contribution in [0, 0.1) is 52.3 Å². The largest absolute Gasteiger partial charge is 0.394 e. The number of fused-ring (bicyclic) bond motifs is 6. The first kappa shape index (κ1) is 24.6. The Kier molecular flexibility index (Phi) is 6.31. The zero-order chi connectivity index (χ0) is 23.6. The standard InChI is InChI=1S/C30H52O3/c1-20(2)8-7-9-21(3)24-12-13-25-23-11-10-22-18-29(6)30(33-29,32-17-16-31)19-28(22,5)26(23)14-15-27(24,25)4/h20-26,31H,7-19H2,1-6H3/t21-,22+,23+,24-,25+,26+,27-,28+,29+,30-/m1/s1. The van der Waals surface area contributed by atoms with Gasteiger partial charge in [0, 0.05) is 6.42 Å². The van der Waals surface area contributed by atoms with Crippen LogP contribution in [0.25, 0.3) is 0 Å². The van der Waals surface area contributed by atoms with Crippen LogP contribution in [0.1, 0.15) is 112 Å². The van der Waals surface area contributed by atoms with Gasteiger partial charge in [-0.1, -0.05) is 53.9 Å². The van der Waals surface area contributed by atoms with Gasteiger partial charge in [0.25, 0.3) is 0 Å². The van der Waals surface area contributed by atoms with E-state index in [1.54, 1.807) is 0 Å². The minimum absolute atomic E-state index is 0.0879. The molecule has 1 N–H and O–H groups in total. The van der Waals surface area contributed by atoms with Crippen LogP contribution in [0.2, 0.25) is 0 Å². The lowest BCUT2D eigenvalue weighted by Gasteiger charge is -2.61. The first-order chi connectivity index (χ1) is 15.6. The summed E-state index contributed by atoms with van der Waals surface area (Å²) in [7, 11) is 0. The molecule has 4 saturated carbocycles. The van der Waals surface area contributed by atoms with E-state index in [4.69, 9.17) is 9.47 Å². The molecule has 4 aliphatic carbocycles. The molecule has 0 aromatic heterocycles. The van der Waals surface area contributed by atoms with Gasteiger partial charge < -0.3 is 14.6 Å². The van der Waals surface area contributed by atoms with E-state index in [1.165, 1.54) is 57.8 Å². The highest BCUT2D eigenvalue weighted by atomic mass is 16.8. The fraction of sp³-hybridized carbons (Fsp3) is 1.00. The number of ether oxygens (including phenoxy) is 2. The minimum atomic E-state index is -0.424. The predicted octanol–water partition coefficient (Wildman–Crippen LogP) is 7.21. The van der Waals surface area contributed by atoms with Crippen LogP contribution < -0.4 is 0 Å². The smallest absolute Gasteiger partial charge is 0.198 e. The number of aliphatic hydroxyl groups is 1. The summed E-state index contributed by atoms with van der Waals surface area (Å²) in [5, 5.41) is 9.40. The maximum Gasteiger partial charge on any atom is 0.198 e. The van der Waals surface area contributed by atoms with E-state index in [0.29, 0.717) is 17.4 Å². The molecule has 0 amide bonds. The molecule has 190 valence electrons. The summed E-state index contributed by atoms with van der Waals surface area (Å²) < 4.78 is 12.6. The summed E-state index contributed by atoms with van der Waals surface area (Å²) >= 11 is 0. The molecular weight excluding hydrogens is 408 g/mol. The van der Waals surface area contributed by atoms with E-state index in [-0.39, 0.29) is 12.2 Å². The average Bonchev–Trinajstić information content (AvgIpc) is 3.15. The van der Waals surface area contributed by atoms with Gasteiger partial charge >= 0.3 is 0 Å². The normalized spacial score (nSPS) is 51.5. The van der Waals surface area contributed by atoms with Crippen molar-refractivity contribution in [3.63, 3.8) is 0 Å². The zero-order valence-corrected chi connectivity index (χ0v) is 22.5. The van der Waals surface area contributed by atoms with E-state index in [9.17, 15) is 5.11 Å². The number of rotatable bonds is 8. The third-order valence-electron chi connectivity index (χ3n) is 12.1. The fourth-order valence-corrected chi connectivity index (χ4v) is 10.3. The topological polar surface area (TPSA) is 42.0 Å². The molecule has 3 nitrogen and oxygen atoms in total. The van der Waals surface area contributed by atoms with Crippen LogP contribution in [0.3, 0.4) is 0 Å². The van der Waals surface area contributed by atoms with E-state index in [2.05, 4.69) is 41.5 Å². The molecule has 3 heteroatoms. The molecule has 1 heterocycles. The van der Waals surface area contributed by atoms with Crippen molar-refractivity contribution in [2.45, 2.75) is 124 Å². The third-order valence-corrected chi connectivity index (χ3v) is 12.1. The lowest BCUT2D eigenvalue weighted by atomic mass is 9.43. The van der Waals surface area contributed by atoms with E-state index in [0.717, 1.165) is 54.3 Å². The number of aliphatic hydroxyl groups excluding tert-OH is 1. The van der Waals surface area contributed by atoms with E-state index < -0.39 is 5.79 Å². The Morgan fingerprint density at radius 3 is 2.42 bits per heavy atom. The van der Waals surface area contributed by atoms with Crippen molar-refractivity contribution in [2.24, 2.45) is 52.3 Å². The Bertz CT molecular complexity index is 721. The van der Waals surface area contributed by atoms with Crippen LogP contribution in [-0.4, -0.2) is 29.7 Å². The first-order valence-corrected chi connectivity index (χ1v) is 14.5. The SMILES string of the molecule is CC(C)CCC[C@@H](C)[C@H]1CC[C@H]2[C@@H]3CC[C@H]4C[C@]5(C)O[C@]5(OCCO)C[C@]4(C)[C@H]3CC[C@]12C. The Balaban J connectivity index is 1.31. The van der Waals surface area contributed by atoms with Crippen molar-refractivity contribution < 1.29 is 14.6 Å². The molecule has 5 rings (SSSR count). The quantitative estimate of drug-likeness (QED) is 0.389. The molecule has 33 heavy (non-hydrogen) atoms. The van der Waals surface area contributed by atoms with Crippen molar-refractivity contribution in [2.75, 3.05) is 13.2 Å².